The minimum absolute atomic E-state index is 0.377. The molecule has 0 unspecified atom stereocenters. The van der Waals surface area contributed by atoms with Gasteiger partial charge in [-0.3, -0.25) is 4.48 Å². The van der Waals surface area contributed by atoms with E-state index in [1.165, 1.54) is 83.1 Å². The lowest BCUT2D eigenvalue weighted by atomic mass is 10.1. The molecule has 132 valence electrons. The number of aromatic hydroxyl groups is 1. The zero-order valence-corrected chi connectivity index (χ0v) is 15.7. The molecule has 0 amide bonds. The maximum atomic E-state index is 9.66. The van der Waals surface area contributed by atoms with Crippen LogP contribution in [0.2, 0.25) is 0 Å². The Balaban J connectivity index is 2.95. The summed E-state index contributed by atoms with van der Waals surface area (Å²) in [6.45, 7) is 10.6. The van der Waals surface area contributed by atoms with Crippen molar-refractivity contribution in [3.8, 4) is 5.75 Å². The molecule has 1 N–H and O–H groups in total. The van der Waals surface area contributed by atoms with Crippen molar-refractivity contribution in [3.63, 3.8) is 0 Å². The maximum absolute atomic E-state index is 9.66. The number of nitrogens with zero attached hydrogens (tertiary/aromatic N) is 1. The summed E-state index contributed by atoms with van der Waals surface area (Å²) in [6.07, 6.45) is 11.7. The molecule has 23 heavy (non-hydrogen) atoms. The Morgan fingerprint density at radius 1 is 0.652 bits per heavy atom. The molecule has 1 aromatic carbocycles. The molecule has 0 bridgehead atoms. The summed E-state index contributed by atoms with van der Waals surface area (Å²) in [5.74, 6) is 0.377. The van der Waals surface area contributed by atoms with E-state index in [4.69, 9.17) is 0 Å². The molecule has 0 aliphatic carbocycles. The molecule has 0 aliphatic heterocycles. The first-order chi connectivity index (χ1) is 11.2. The molecule has 0 spiro atoms. The lowest BCUT2D eigenvalue weighted by Gasteiger charge is -2.39. The number of rotatable bonds is 13. The van der Waals surface area contributed by atoms with Gasteiger partial charge in [-0.1, -0.05) is 40.0 Å². The van der Waals surface area contributed by atoms with Crippen molar-refractivity contribution >= 4 is 5.69 Å². The molecule has 2 heteroatoms. The zero-order valence-electron chi connectivity index (χ0n) is 15.7. The average Bonchev–Trinajstić information content (AvgIpc) is 2.56. The van der Waals surface area contributed by atoms with Crippen LogP contribution >= 0.6 is 0 Å². The van der Waals surface area contributed by atoms with E-state index < -0.39 is 0 Å². The Labute approximate surface area is 144 Å². The predicted molar refractivity (Wildman–Crippen MR) is 103 cm³/mol. The van der Waals surface area contributed by atoms with Gasteiger partial charge in [0.15, 0.2) is 0 Å². The first kappa shape index (κ1) is 20.0. The van der Waals surface area contributed by atoms with Gasteiger partial charge in [0, 0.05) is 12.1 Å². The zero-order chi connectivity index (χ0) is 17.0. The van der Waals surface area contributed by atoms with Gasteiger partial charge in [-0.2, -0.15) is 0 Å². The molecule has 0 radical (unpaired) electrons. The fourth-order valence-electron chi connectivity index (χ4n) is 3.48. The largest absolute Gasteiger partial charge is 0.508 e. The van der Waals surface area contributed by atoms with Crippen LogP contribution in [-0.2, 0) is 0 Å². The van der Waals surface area contributed by atoms with E-state index in [1.54, 1.807) is 0 Å². The third-order valence-corrected chi connectivity index (χ3v) is 4.97. The Morgan fingerprint density at radius 3 is 1.39 bits per heavy atom. The van der Waals surface area contributed by atoms with Crippen molar-refractivity contribution < 1.29 is 5.11 Å². The van der Waals surface area contributed by atoms with Crippen LogP contribution in [0.15, 0.2) is 24.3 Å². The fraction of sp³-hybridized carbons (Fsp3) is 0.714. The molecule has 0 aromatic heterocycles. The smallest absolute Gasteiger partial charge is 0.133 e. The van der Waals surface area contributed by atoms with Crippen molar-refractivity contribution in [2.75, 3.05) is 19.6 Å². The third-order valence-electron chi connectivity index (χ3n) is 4.97. The summed E-state index contributed by atoms with van der Waals surface area (Å²) in [6, 6.07) is 8.03. The topological polar surface area (TPSA) is 20.2 Å². The first-order valence-corrected chi connectivity index (χ1v) is 9.84. The highest BCUT2D eigenvalue weighted by atomic mass is 16.3. The number of hydrogen-bond donors (Lipinski definition) is 1. The van der Waals surface area contributed by atoms with Crippen molar-refractivity contribution in [2.45, 2.75) is 78.6 Å². The molecular weight excluding hydrogens is 282 g/mol. The van der Waals surface area contributed by atoms with Gasteiger partial charge in [-0.25, -0.2) is 0 Å². The van der Waals surface area contributed by atoms with E-state index in [0.29, 0.717) is 5.75 Å². The van der Waals surface area contributed by atoms with Crippen LogP contribution < -0.4 is 4.48 Å². The van der Waals surface area contributed by atoms with Gasteiger partial charge in [-0.05, 0) is 50.7 Å². The molecule has 0 atom stereocenters. The number of unbranched alkanes of at least 4 members (excludes halogenated alkanes) is 6. The van der Waals surface area contributed by atoms with Crippen LogP contribution in [0.1, 0.15) is 78.6 Å². The van der Waals surface area contributed by atoms with Crippen LogP contribution in [-0.4, -0.2) is 24.7 Å². The Morgan fingerprint density at radius 2 is 1.04 bits per heavy atom. The lowest BCUT2D eigenvalue weighted by Crippen LogP contribution is -2.51. The highest BCUT2D eigenvalue weighted by Crippen LogP contribution is 2.28. The van der Waals surface area contributed by atoms with Gasteiger partial charge < -0.3 is 5.11 Å². The van der Waals surface area contributed by atoms with E-state index in [1.807, 2.05) is 12.1 Å². The summed E-state index contributed by atoms with van der Waals surface area (Å²) in [5.41, 5.74) is 1.39. The van der Waals surface area contributed by atoms with Crippen LogP contribution in [0, 0.1) is 0 Å². The van der Waals surface area contributed by atoms with Crippen molar-refractivity contribution in [1.82, 2.24) is 4.48 Å². The third kappa shape index (κ3) is 6.95. The van der Waals surface area contributed by atoms with E-state index in [0.717, 1.165) is 4.48 Å². The normalized spacial score (nSPS) is 11.8. The Hall–Kier alpha value is -1.02. The maximum Gasteiger partial charge on any atom is 0.133 e. The van der Waals surface area contributed by atoms with Crippen LogP contribution in [0.25, 0.3) is 0 Å². The number of quaternary nitrogens is 1. The van der Waals surface area contributed by atoms with E-state index in [2.05, 4.69) is 32.9 Å². The number of phenols is 1. The molecule has 0 aliphatic rings. The molecular formula is C21H38NO+. The second-order valence-electron chi connectivity index (χ2n) is 6.95. The minimum Gasteiger partial charge on any atom is -0.508 e. The van der Waals surface area contributed by atoms with Gasteiger partial charge in [0.25, 0.3) is 0 Å². The summed E-state index contributed by atoms with van der Waals surface area (Å²) in [7, 11) is 0. The van der Waals surface area contributed by atoms with E-state index >= 15 is 0 Å². The molecule has 0 saturated heterocycles. The van der Waals surface area contributed by atoms with Gasteiger partial charge in [0.2, 0.25) is 0 Å². The Kier molecular flexibility index (Phi) is 10.0. The molecule has 0 fully saturated rings. The highest BCUT2D eigenvalue weighted by molar-refractivity contribution is 5.45. The van der Waals surface area contributed by atoms with Crippen molar-refractivity contribution in [2.24, 2.45) is 0 Å². The second-order valence-corrected chi connectivity index (χ2v) is 6.95. The second kappa shape index (κ2) is 11.5. The molecule has 0 saturated carbocycles. The van der Waals surface area contributed by atoms with E-state index in [9.17, 15) is 5.11 Å². The molecule has 0 heterocycles. The van der Waals surface area contributed by atoms with Crippen molar-refractivity contribution in [3.05, 3.63) is 24.3 Å². The van der Waals surface area contributed by atoms with Crippen molar-refractivity contribution in [1.29, 1.82) is 0 Å². The molecule has 2 nitrogen and oxygen atoms in total. The SMILES string of the molecule is CCCCC[N+](CCCCC)(CCCCC)c1ccc(O)cc1. The number of phenolic OH excluding ortho intramolecular Hbond substituents is 1. The summed E-state index contributed by atoms with van der Waals surface area (Å²) in [5, 5.41) is 9.66. The molecule has 1 aromatic rings. The molecule has 1 rings (SSSR count). The predicted octanol–water partition coefficient (Wildman–Crippen LogP) is 6.27. The first-order valence-electron chi connectivity index (χ1n) is 9.84. The van der Waals surface area contributed by atoms with Crippen LogP contribution in [0.3, 0.4) is 0 Å². The van der Waals surface area contributed by atoms with Crippen LogP contribution in [0.5, 0.6) is 5.75 Å². The standard InChI is InChI=1S/C21H37NO/c1-4-7-10-17-22(18-11-8-5-2,19-12-9-6-3)20-13-15-21(23)16-14-20/h13-16H,4-12,17-19H2,1-3H3/p+1. The quantitative estimate of drug-likeness (QED) is 0.335. The number of hydrogen-bond acceptors (Lipinski definition) is 1. The summed E-state index contributed by atoms with van der Waals surface area (Å²) >= 11 is 0. The highest BCUT2D eigenvalue weighted by Gasteiger charge is 2.29. The monoisotopic (exact) mass is 320 g/mol. The van der Waals surface area contributed by atoms with Gasteiger partial charge in [0.1, 0.15) is 11.4 Å². The average molecular weight is 321 g/mol. The van der Waals surface area contributed by atoms with Crippen LogP contribution in [0.4, 0.5) is 5.69 Å². The minimum atomic E-state index is 0.377. The van der Waals surface area contributed by atoms with Gasteiger partial charge >= 0.3 is 0 Å². The number of benzene rings is 1. The lowest BCUT2D eigenvalue weighted by molar-refractivity contribution is 0.255. The fourth-order valence-corrected chi connectivity index (χ4v) is 3.48. The van der Waals surface area contributed by atoms with Gasteiger partial charge in [0.05, 0.1) is 19.6 Å². The Bertz CT molecular complexity index is 372. The van der Waals surface area contributed by atoms with E-state index in [-0.39, 0.29) is 0 Å². The summed E-state index contributed by atoms with van der Waals surface area (Å²) < 4.78 is 1.11. The summed E-state index contributed by atoms with van der Waals surface area (Å²) in [4.78, 5) is 0. The van der Waals surface area contributed by atoms with Gasteiger partial charge in [-0.15, -0.1) is 0 Å².